The van der Waals surface area contributed by atoms with Crippen LogP contribution in [0.1, 0.15) is 96.0 Å². The van der Waals surface area contributed by atoms with Crippen molar-refractivity contribution in [1.82, 2.24) is 5.32 Å². The van der Waals surface area contributed by atoms with Gasteiger partial charge in [0.25, 0.3) is 0 Å². The standard InChI is InChI=1S/C37H49NO9/c1-2-3-4-7-13-18-30(39)19-14-8-5-6-9-15-20-31(37(47,36(45)46)26-33(40)41)34(42)38-32(35(43)44)25-27-21-23-29(24-22-27)28-16-11-10-12-17-28/h10-12,15-17,20-24,31-32,47H,2-9,13-14,18-19,25-26H2,1H3,(H,38,42)(H,40,41)(H,43,44)(H,45,46)/b20-15+/t31-,32+,37?/m1/s1. The SMILES string of the molecule is CCCCCCCC(=O)CCCCCC/C=C/[C@H](C(=O)N[C@@H](Cc1ccc(-c2ccccc2)cc1)C(=O)O)C(O)(CC(=O)O)C(=O)O. The van der Waals surface area contributed by atoms with Crippen molar-refractivity contribution in [2.45, 2.75) is 108 Å². The summed E-state index contributed by atoms with van der Waals surface area (Å²) in [6, 6.07) is 15.2. The number of hydrogen-bond acceptors (Lipinski definition) is 6. The number of aliphatic hydroxyl groups is 1. The number of aliphatic carboxylic acids is 3. The van der Waals surface area contributed by atoms with E-state index in [0.29, 0.717) is 31.2 Å². The lowest BCUT2D eigenvalue weighted by atomic mass is 9.82. The van der Waals surface area contributed by atoms with Crippen molar-refractivity contribution in [2.24, 2.45) is 5.92 Å². The molecule has 0 fully saturated rings. The van der Waals surface area contributed by atoms with Gasteiger partial charge in [0, 0.05) is 19.3 Å². The van der Waals surface area contributed by atoms with Crippen LogP contribution in [-0.2, 0) is 30.4 Å². The van der Waals surface area contributed by atoms with Crippen LogP contribution in [0, 0.1) is 5.92 Å². The van der Waals surface area contributed by atoms with Gasteiger partial charge < -0.3 is 25.7 Å². The molecule has 0 radical (unpaired) electrons. The molecule has 10 heteroatoms. The highest BCUT2D eigenvalue weighted by Crippen LogP contribution is 2.26. The Morgan fingerprint density at radius 3 is 1.89 bits per heavy atom. The number of carboxylic acid groups (broad SMARTS) is 3. The minimum atomic E-state index is -3.01. The number of carboxylic acids is 3. The quantitative estimate of drug-likeness (QED) is 0.0653. The number of carbonyl (C=O) groups is 5. The maximum atomic E-state index is 13.3. The summed E-state index contributed by atoms with van der Waals surface area (Å²) >= 11 is 0. The first kappa shape index (κ1) is 38.9. The third-order valence-corrected chi connectivity index (χ3v) is 8.17. The Morgan fingerprint density at radius 1 is 0.766 bits per heavy atom. The fraction of sp³-hybridized carbons (Fsp3) is 0.486. The second-order valence-corrected chi connectivity index (χ2v) is 12.0. The van der Waals surface area contributed by atoms with Crippen LogP contribution in [0.2, 0.25) is 0 Å². The molecule has 0 aliphatic carbocycles. The Kier molecular flexibility index (Phi) is 17.2. The van der Waals surface area contributed by atoms with Crippen molar-refractivity contribution >= 4 is 29.6 Å². The number of hydrogen-bond donors (Lipinski definition) is 5. The van der Waals surface area contributed by atoms with Gasteiger partial charge in [0.15, 0.2) is 5.60 Å². The van der Waals surface area contributed by atoms with Crippen molar-refractivity contribution < 1.29 is 44.4 Å². The van der Waals surface area contributed by atoms with Gasteiger partial charge >= 0.3 is 17.9 Å². The summed E-state index contributed by atoms with van der Waals surface area (Å²) in [7, 11) is 0. The maximum Gasteiger partial charge on any atom is 0.337 e. The van der Waals surface area contributed by atoms with Crippen molar-refractivity contribution in [3.8, 4) is 11.1 Å². The minimum Gasteiger partial charge on any atom is -0.481 e. The molecule has 47 heavy (non-hydrogen) atoms. The number of amides is 1. The summed E-state index contributed by atoms with van der Waals surface area (Å²) in [5.74, 6) is -7.64. The number of unbranched alkanes of at least 4 members (excludes halogenated alkanes) is 8. The fourth-order valence-corrected chi connectivity index (χ4v) is 5.39. The highest BCUT2D eigenvalue weighted by molar-refractivity contribution is 5.94. The largest absolute Gasteiger partial charge is 0.481 e. The normalized spacial score (nSPS) is 13.8. The first-order valence-corrected chi connectivity index (χ1v) is 16.5. The number of ketones is 1. The molecule has 2 aromatic carbocycles. The lowest BCUT2D eigenvalue weighted by Crippen LogP contribution is -2.55. The van der Waals surface area contributed by atoms with Crippen molar-refractivity contribution in [3.63, 3.8) is 0 Å². The first-order chi connectivity index (χ1) is 22.5. The Labute approximate surface area is 276 Å². The number of carbonyl (C=O) groups excluding carboxylic acids is 2. The molecule has 0 bridgehead atoms. The van der Waals surface area contributed by atoms with Gasteiger partial charge in [0.2, 0.25) is 5.91 Å². The molecule has 0 aromatic heterocycles. The van der Waals surface area contributed by atoms with E-state index in [1.54, 1.807) is 12.1 Å². The molecule has 1 amide bonds. The molecular weight excluding hydrogens is 602 g/mol. The van der Waals surface area contributed by atoms with Gasteiger partial charge in [0.05, 0.1) is 12.3 Å². The second-order valence-electron chi connectivity index (χ2n) is 12.0. The average Bonchev–Trinajstić information content (AvgIpc) is 3.03. The van der Waals surface area contributed by atoms with E-state index in [4.69, 9.17) is 0 Å². The van der Waals surface area contributed by atoms with Gasteiger partial charge in [-0.15, -0.1) is 0 Å². The Hall–Kier alpha value is -4.31. The number of benzene rings is 2. The van der Waals surface area contributed by atoms with E-state index < -0.39 is 47.8 Å². The molecule has 0 aliphatic rings. The minimum absolute atomic E-state index is 0.127. The average molecular weight is 652 g/mol. The van der Waals surface area contributed by atoms with Gasteiger partial charge in [-0.05, 0) is 42.4 Å². The lowest BCUT2D eigenvalue weighted by Gasteiger charge is -2.29. The summed E-state index contributed by atoms with van der Waals surface area (Å²) in [6.07, 6.45) is 11.4. The highest BCUT2D eigenvalue weighted by atomic mass is 16.4. The molecule has 0 saturated heterocycles. The number of allylic oxidation sites excluding steroid dienone is 1. The van der Waals surface area contributed by atoms with E-state index in [1.807, 2.05) is 42.5 Å². The molecule has 2 aromatic rings. The monoisotopic (exact) mass is 651 g/mol. The van der Waals surface area contributed by atoms with E-state index in [9.17, 15) is 44.4 Å². The third kappa shape index (κ3) is 13.9. The first-order valence-electron chi connectivity index (χ1n) is 16.5. The van der Waals surface area contributed by atoms with Crippen LogP contribution in [0.3, 0.4) is 0 Å². The van der Waals surface area contributed by atoms with Crippen molar-refractivity contribution in [1.29, 1.82) is 0 Å². The molecule has 5 N–H and O–H groups in total. The number of rotatable bonds is 24. The molecule has 0 aliphatic heterocycles. The van der Waals surface area contributed by atoms with Gasteiger partial charge in [-0.3, -0.25) is 14.4 Å². The summed E-state index contributed by atoms with van der Waals surface area (Å²) in [6.45, 7) is 2.15. The van der Waals surface area contributed by atoms with Crippen molar-refractivity contribution in [3.05, 3.63) is 72.3 Å². The third-order valence-electron chi connectivity index (χ3n) is 8.17. The van der Waals surface area contributed by atoms with Crippen LogP contribution in [0.4, 0.5) is 0 Å². The molecule has 2 rings (SSSR count). The van der Waals surface area contributed by atoms with E-state index >= 15 is 0 Å². The zero-order valence-corrected chi connectivity index (χ0v) is 27.2. The molecule has 1 unspecified atom stereocenters. The van der Waals surface area contributed by atoms with Gasteiger partial charge in [-0.25, -0.2) is 9.59 Å². The number of nitrogens with one attached hydrogen (secondary N) is 1. The molecule has 3 atom stereocenters. The zero-order chi connectivity index (χ0) is 34.7. The summed E-state index contributed by atoms with van der Waals surface area (Å²) in [5.41, 5.74) is -0.528. The topological polar surface area (TPSA) is 178 Å². The van der Waals surface area contributed by atoms with Crippen molar-refractivity contribution in [2.75, 3.05) is 0 Å². The van der Waals surface area contributed by atoms with E-state index in [-0.39, 0.29) is 12.2 Å². The predicted molar refractivity (Wildman–Crippen MR) is 179 cm³/mol. The zero-order valence-electron chi connectivity index (χ0n) is 27.2. The lowest BCUT2D eigenvalue weighted by molar-refractivity contribution is -0.172. The predicted octanol–water partition coefficient (Wildman–Crippen LogP) is 6.20. The maximum absolute atomic E-state index is 13.3. The van der Waals surface area contributed by atoms with Crippen LogP contribution in [0.5, 0.6) is 0 Å². The van der Waals surface area contributed by atoms with Gasteiger partial charge in [0.1, 0.15) is 11.8 Å². The Bertz CT molecular complexity index is 1320. The molecule has 0 saturated carbocycles. The number of Topliss-reactive ketones (excluding diaryl/α,β-unsaturated/α-hetero) is 1. The van der Waals surface area contributed by atoms with Gasteiger partial charge in [-0.1, -0.05) is 112 Å². The highest BCUT2D eigenvalue weighted by Gasteiger charge is 2.49. The van der Waals surface area contributed by atoms with Crippen LogP contribution >= 0.6 is 0 Å². The Balaban J connectivity index is 2.01. The van der Waals surface area contributed by atoms with Gasteiger partial charge in [-0.2, -0.15) is 0 Å². The summed E-state index contributed by atoms with van der Waals surface area (Å²) in [5, 5.41) is 42.2. The molecule has 0 spiro atoms. The van der Waals surface area contributed by atoms with E-state index in [1.165, 1.54) is 12.5 Å². The fourth-order valence-electron chi connectivity index (χ4n) is 5.39. The Morgan fingerprint density at radius 2 is 1.34 bits per heavy atom. The van der Waals surface area contributed by atoms with Crippen LogP contribution in [0.25, 0.3) is 11.1 Å². The van der Waals surface area contributed by atoms with Crippen LogP contribution < -0.4 is 5.32 Å². The second kappa shape index (κ2) is 20.7. The molecule has 256 valence electrons. The molecule has 0 heterocycles. The van der Waals surface area contributed by atoms with Crippen LogP contribution in [-0.4, -0.2) is 61.7 Å². The molecule has 10 nitrogen and oxygen atoms in total. The molecular formula is C37H49NO9. The summed E-state index contributed by atoms with van der Waals surface area (Å²) in [4.78, 5) is 61.0. The summed E-state index contributed by atoms with van der Waals surface area (Å²) < 4.78 is 0. The smallest absolute Gasteiger partial charge is 0.337 e. The van der Waals surface area contributed by atoms with E-state index in [2.05, 4.69) is 12.2 Å². The van der Waals surface area contributed by atoms with Crippen LogP contribution in [0.15, 0.2) is 66.7 Å². The van der Waals surface area contributed by atoms with E-state index in [0.717, 1.165) is 62.1 Å².